The molecule has 1 amide bonds. The van der Waals surface area contributed by atoms with Crippen LogP contribution in [0.4, 0.5) is 5.69 Å². The van der Waals surface area contributed by atoms with Crippen LogP contribution >= 0.6 is 0 Å². The summed E-state index contributed by atoms with van der Waals surface area (Å²) in [6, 6.07) is 6.81. The Morgan fingerprint density at radius 3 is 2.47 bits per heavy atom. The second-order valence-electron chi connectivity index (χ2n) is 4.31. The largest absolute Gasteiger partial charge is 0.467 e. The lowest BCUT2D eigenvalue weighted by Crippen LogP contribution is -2.35. The fraction of sp³-hybridized carbons (Fsp3) is 0.385. The van der Waals surface area contributed by atoms with E-state index in [-0.39, 0.29) is 5.91 Å². The van der Waals surface area contributed by atoms with Crippen molar-refractivity contribution < 1.29 is 19.4 Å². The predicted molar refractivity (Wildman–Crippen MR) is 68.2 cm³/mol. The van der Waals surface area contributed by atoms with E-state index in [2.05, 4.69) is 4.74 Å². The van der Waals surface area contributed by atoms with Gasteiger partial charge in [-0.3, -0.25) is 14.8 Å². The molecule has 2 rings (SSSR count). The number of ether oxygens (including phenoxy) is 1. The molecule has 1 aromatic rings. The first-order valence-electron chi connectivity index (χ1n) is 5.94. The molecule has 1 heterocycles. The number of amides is 1. The molecular formula is C13H16N2O4. The van der Waals surface area contributed by atoms with Crippen molar-refractivity contribution in [2.45, 2.75) is 12.5 Å². The van der Waals surface area contributed by atoms with E-state index in [1.54, 1.807) is 36.3 Å². The number of anilines is 1. The first kappa shape index (κ1) is 13.4. The molecule has 1 aliphatic heterocycles. The number of aliphatic hydroxyl groups excluding tert-OH is 1. The maximum Gasteiger partial charge on any atom is 0.339 e. The van der Waals surface area contributed by atoms with Crippen LogP contribution < -0.4 is 5.01 Å². The normalized spacial score (nSPS) is 16.7. The monoisotopic (exact) mass is 264 g/mol. The lowest BCUT2D eigenvalue weighted by atomic mass is 10.1. The number of hydrogen-bond acceptors (Lipinski definition) is 5. The van der Waals surface area contributed by atoms with Crippen LogP contribution in [0.25, 0.3) is 0 Å². The van der Waals surface area contributed by atoms with Gasteiger partial charge in [-0.2, -0.15) is 0 Å². The lowest BCUT2D eigenvalue weighted by Gasteiger charge is -2.26. The molecule has 1 N–H and O–H groups in total. The standard InChI is InChI=1S/C13H16N2O4/c1-14-11(16)7-8-15(14)10-5-3-9(4-6-10)12(17)13(18)19-2/h3-6,12,17H,7-8H2,1-2H3. The van der Waals surface area contributed by atoms with Gasteiger partial charge in [0.2, 0.25) is 5.91 Å². The molecule has 1 aromatic carbocycles. The van der Waals surface area contributed by atoms with Crippen molar-refractivity contribution in [2.75, 3.05) is 25.7 Å². The Morgan fingerprint density at radius 2 is 2.00 bits per heavy atom. The number of esters is 1. The number of hydrazine groups is 1. The fourth-order valence-electron chi connectivity index (χ4n) is 2.03. The molecule has 1 saturated heterocycles. The second-order valence-corrected chi connectivity index (χ2v) is 4.31. The van der Waals surface area contributed by atoms with Crippen molar-refractivity contribution in [1.82, 2.24) is 5.01 Å². The Labute approximate surface area is 111 Å². The van der Waals surface area contributed by atoms with Crippen LogP contribution in [0.3, 0.4) is 0 Å². The van der Waals surface area contributed by atoms with Crippen LogP contribution in [-0.4, -0.2) is 42.7 Å². The minimum Gasteiger partial charge on any atom is -0.467 e. The molecular weight excluding hydrogens is 248 g/mol. The Kier molecular flexibility index (Phi) is 3.71. The van der Waals surface area contributed by atoms with Gasteiger partial charge in [-0.15, -0.1) is 0 Å². The van der Waals surface area contributed by atoms with Crippen LogP contribution in [0, 0.1) is 0 Å². The minimum absolute atomic E-state index is 0.0682. The maximum atomic E-state index is 11.4. The van der Waals surface area contributed by atoms with Gasteiger partial charge in [0.1, 0.15) is 0 Å². The smallest absolute Gasteiger partial charge is 0.339 e. The summed E-state index contributed by atoms with van der Waals surface area (Å²) in [5, 5.41) is 13.1. The molecule has 6 heteroatoms. The van der Waals surface area contributed by atoms with Crippen molar-refractivity contribution in [3.8, 4) is 0 Å². The number of methoxy groups -OCH3 is 1. The van der Waals surface area contributed by atoms with Crippen molar-refractivity contribution in [2.24, 2.45) is 0 Å². The molecule has 1 unspecified atom stereocenters. The zero-order valence-corrected chi connectivity index (χ0v) is 10.9. The van der Waals surface area contributed by atoms with E-state index in [4.69, 9.17) is 0 Å². The van der Waals surface area contributed by atoms with Gasteiger partial charge in [-0.05, 0) is 17.7 Å². The summed E-state index contributed by atoms with van der Waals surface area (Å²) in [5.74, 6) is -0.625. The third-order valence-corrected chi connectivity index (χ3v) is 3.19. The van der Waals surface area contributed by atoms with Gasteiger partial charge < -0.3 is 9.84 Å². The quantitative estimate of drug-likeness (QED) is 0.804. The van der Waals surface area contributed by atoms with Crippen molar-refractivity contribution >= 4 is 17.6 Å². The topological polar surface area (TPSA) is 70.1 Å². The van der Waals surface area contributed by atoms with E-state index in [1.165, 1.54) is 7.11 Å². The van der Waals surface area contributed by atoms with Crippen LogP contribution in [0.15, 0.2) is 24.3 Å². The van der Waals surface area contributed by atoms with Gasteiger partial charge in [0.05, 0.1) is 12.8 Å². The zero-order valence-electron chi connectivity index (χ0n) is 10.9. The van der Waals surface area contributed by atoms with E-state index in [9.17, 15) is 14.7 Å². The van der Waals surface area contributed by atoms with Gasteiger partial charge in [0.15, 0.2) is 6.10 Å². The molecule has 1 atom stereocenters. The molecule has 102 valence electrons. The first-order chi connectivity index (χ1) is 9.04. The van der Waals surface area contributed by atoms with Crippen LogP contribution in [0.5, 0.6) is 0 Å². The van der Waals surface area contributed by atoms with Gasteiger partial charge in [-0.1, -0.05) is 12.1 Å². The third kappa shape index (κ3) is 2.53. The number of hydrogen-bond donors (Lipinski definition) is 1. The van der Waals surface area contributed by atoms with Crippen LogP contribution in [0.2, 0.25) is 0 Å². The SMILES string of the molecule is COC(=O)C(O)c1ccc(N2CCC(=O)N2C)cc1. The average Bonchev–Trinajstić information content (AvgIpc) is 2.77. The molecule has 1 fully saturated rings. The highest BCUT2D eigenvalue weighted by Gasteiger charge is 2.26. The number of carbonyl (C=O) groups excluding carboxylic acids is 2. The zero-order chi connectivity index (χ0) is 14.0. The van der Waals surface area contributed by atoms with Crippen molar-refractivity contribution in [3.05, 3.63) is 29.8 Å². The second kappa shape index (κ2) is 5.27. The van der Waals surface area contributed by atoms with E-state index >= 15 is 0 Å². The summed E-state index contributed by atoms with van der Waals surface area (Å²) < 4.78 is 4.48. The van der Waals surface area contributed by atoms with E-state index in [1.807, 2.05) is 5.01 Å². The summed E-state index contributed by atoms with van der Waals surface area (Å²) in [6.45, 7) is 0.633. The van der Waals surface area contributed by atoms with E-state index < -0.39 is 12.1 Å². The molecule has 0 radical (unpaired) electrons. The van der Waals surface area contributed by atoms with E-state index in [0.717, 1.165) is 5.69 Å². The van der Waals surface area contributed by atoms with E-state index in [0.29, 0.717) is 18.5 Å². The van der Waals surface area contributed by atoms with Crippen molar-refractivity contribution in [3.63, 3.8) is 0 Å². The molecule has 0 saturated carbocycles. The minimum atomic E-state index is -1.28. The molecule has 1 aliphatic rings. The Hall–Kier alpha value is -2.08. The van der Waals surface area contributed by atoms with Crippen LogP contribution in [-0.2, 0) is 14.3 Å². The number of benzene rings is 1. The Bertz CT molecular complexity index is 486. The summed E-state index contributed by atoms with van der Waals surface area (Å²) in [5.41, 5.74) is 1.30. The summed E-state index contributed by atoms with van der Waals surface area (Å²) >= 11 is 0. The summed E-state index contributed by atoms with van der Waals surface area (Å²) in [6.07, 6.45) is -0.791. The van der Waals surface area contributed by atoms with Gasteiger partial charge in [0, 0.05) is 20.0 Å². The summed E-state index contributed by atoms with van der Waals surface area (Å²) in [4.78, 5) is 22.7. The highest BCUT2D eigenvalue weighted by molar-refractivity contribution is 5.81. The van der Waals surface area contributed by atoms with Gasteiger partial charge in [0.25, 0.3) is 0 Å². The third-order valence-electron chi connectivity index (χ3n) is 3.19. The molecule has 6 nitrogen and oxygen atoms in total. The average molecular weight is 264 g/mol. The molecule has 0 aromatic heterocycles. The van der Waals surface area contributed by atoms with Gasteiger partial charge in [-0.25, -0.2) is 4.79 Å². The molecule has 0 spiro atoms. The predicted octanol–water partition coefficient (Wildman–Crippen LogP) is 0.476. The first-order valence-corrected chi connectivity index (χ1v) is 5.94. The molecule has 0 bridgehead atoms. The number of carbonyl (C=O) groups is 2. The Balaban J connectivity index is 2.15. The molecule has 0 aliphatic carbocycles. The highest BCUT2D eigenvalue weighted by Crippen LogP contribution is 2.23. The lowest BCUT2D eigenvalue weighted by molar-refractivity contribution is -0.150. The van der Waals surface area contributed by atoms with Crippen LogP contribution in [0.1, 0.15) is 18.1 Å². The number of rotatable bonds is 3. The highest BCUT2D eigenvalue weighted by atomic mass is 16.5. The van der Waals surface area contributed by atoms with Crippen molar-refractivity contribution in [1.29, 1.82) is 0 Å². The number of nitrogens with zero attached hydrogens (tertiary/aromatic N) is 2. The fourth-order valence-corrected chi connectivity index (χ4v) is 2.03. The number of aliphatic hydroxyl groups is 1. The molecule has 19 heavy (non-hydrogen) atoms. The maximum absolute atomic E-state index is 11.4. The summed E-state index contributed by atoms with van der Waals surface area (Å²) in [7, 11) is 2.94. The van der Waals surface area contributed by atoms with Gasteiger partial charge >= 0.3 is 5.97 Å². The Morgan fingerprint density at radius 1 is 1.37 bits per heavy atom.